The van der Waals surface area contributed by atoms with Crippen LogP contribution < -0.4 is 10.3 Å². The van der Waals surface area contributed by atoms with E-state index in [0.29, 0.717) is 22.6 Å². The number of fused-ring (bicyclic) bond motifs is 1. The van der Waals surface area contributed by atoms with Gasteiger partial charge in [-0.15, -0.1) is 23.2 Å². The van der Waals surface area contributed by atoms with E-state index in [4.69, 9.17) is 23.2 Å². The van der Waals surface area contributed by atoms with Gasteiger partial charge in [0.15, 0.2) is 0 Å². The first-order chi connectivity index (χ1) is 13.2. The van der Waals surface area contributed by atoms with Crippen LogP contribution in [0.15, 0.2) is 71.0 Å². The van der Waals surface area contributed by atoms with Crippen molar-refractivity contribution >= 4 is 46.0 Å². The molecule has 0 saturated carbocycles. The molecule has 3 rings (SSSR count). The number of nitrogens with zero attached hydrogens (tertiary/aromatic N) is 4. The zero-order valence-electron chi connectivity index (χ0n) is 14.7. The van der Waals surface area contributed by atoms with Crippen LogP contribution in [0.3, 0.4) is 0 Å². The SMILES string of the molecule is On1ccc(=N/N=C\c2ccc(N(CCCl)CCCl)cc2)c2ccccc21. The summed E-state index contributed by atoms with van der Waals surface area (Å²) in [4.78, 5) is 2.14. The molecule has 1 heterocycles. The number of aromatic nitrogens is 1. The Morgan fingerprint density at radius 2 is 1.67 bits per heavy atom. The fourth-order valence-electron chi connectivity index (χ4n) is 2.79. The van der Waals surface area contributed by atoms with Crippen LogP contribution in [0, 0.1) is 0 Å². The second-order valence-electron chi connectivity index (χ2n) is 5.86. The van der Waals surface area contributed by atoms with Crippen molar-refractivity contribution in [3.8, 4) is 0 Å². The van der Waals surface area contributed by atoms with Gasteiger partial charge in [-0.25, -0.2) is 0 Å². The first kappa shape index (κ1) is 19.3. The molecule has 0 saturated heterocycles. The lowest BCUT2D eigenvalue weighted by Crippen LogP contribution is -2.27. The second-order valence-corrected chi connectivity index (χ2v) is 6.62. The van der Waals surface area contributed by atoms with Crippen LogP contribution in [0.4, 0.5) is 5.69 Å². The van der Waals surface area contributed by atoms with Gasteiger partial charge in [0.05, 0.1) is 17.1 Å². The fourth-order valence-corrected chi connectivity index (χ4v) is 3.20. The van der Waals surface area contributed by atoms with Crippen molar-refractivity contribution in [3.05, 3.63) is 71.7 Å². The molecule has 1 aromatic heterocycles. The van der Waals surface area contributed by atoms with Gasteiger partial charge in [0.25, 0.3) is 0 Å². The van der Waals surface area contributed by atoms with E-state index in [9.17, 15) is 5.21 Å². The van der Waals surface area contributed by atoms with E-state index < -0.39 is 0 Å². The van der Waals surface area contributed by atoms with Crippen molar-refractivity contribution in [2.45, 2.75) is 0 Å². The minimum absolute atomic E-state index is 0.553. The Bertz CT molecular complexity index is 977. The molecule has 7 heteroatoms. The molecule has 5 nitrogen and oxygen atoms in total. The highest BCUT2D eigenvalue weighted by Gasteiger charge is 2.04. The summed E-state index contributed by atoms with van der Waals surface area (Å²) in [5.74, 6) is 1.11. The molecule has 0 amide bonds. The second kappa shape index (κ2) is 9.44. The van der Waals surface area contributed by atoms with Gasteiger partial charge >= 0.3 is 0 Å². The number of hydrogen-bond acceptors (Lipinski definition) is 4. The number of hydrogen-bond donors (Lipinski definition) is 1. The highest BCUT2D eigenvalue weighted by molar-refractivity contribution is 6.18. The molecule has 0 aliphatic carbocycles. The minimum Gasteiger partial charge on any atom is -0.428 e. The van der Waals surface area contributed by atoms with Gasteiger partial charge in [-0.3, -0.25) is 0 Å². The van der Waals surface area contributed by atoms with E-state index in [1.807, 2.05) is 48.5 Å². The maximum atomic E-state index is 9.86. The molecule has 0 radical (unpaired) electrons. The third-order valence-corrected chi connectivity index (χ3v) is 4.48. The molecule has 0 aliphatic rings. The summed E-state index contributed by atoms with van der Waals surface area (Å²) in [5.41, 5.74) is 2.69. The normalized spacial score (nSPS) is 12.1. The van der Waals surface area contributed by atoms with Crippen molar-refractivity contribution < 1.29 is 5.21 Å². The van der Waals surface area contributed by atoms with Gasteiger partial charge in [0, 0.05) is 42.1 Å². The summed E-state index contributed by atoms with van der Waals surface area (Å²) < 4.78 is 1.07. The van der Waals surface area contributed by atoms with E-state index >= 15 is 0 Å². The maximum Gasteiger partial charge on any atom is 0.0967 e. The Morgan fingerprint density at radius 3 is 2.37 bits per heavy atom. The van der Waals surface area contributed by atoms with Crippen molar-refractivity contribution in [1.29, 1.82) is 0 Å². The quantitative estimate of drug-likeness (QED) is 0.280. The molecule has 0 atom stereocenters. The Balaban J connectivity index is 1.81. The smallest absolute Gasteiger partial charge is 0.0967 e. The monoisotopic (exact) mass is 402 g/mol. The van der Waals surface area contributed by atoms with Crippen LogP contribution in [0.5, 0.6) is 0 Å². The summed E-state index contributed by atoms with van der Waals surface area (Å²) in [6.07, 6.45) is 3.25. The van der Waals surface area contributed by atoms with Gasteiger partial charge in [-0.05, 0) is 29.8 Å². The van der Waals surface area contributed by atoms with Crippen LogP contribution in [0.2, 0.25) is 0 Å². The molecule has 0 unspecified atom stereocenters. The molecular weight excluding hydrogens is 383 g/mol. The molecule has 140 valence electrons. The highest BCUT2D eigenvalue weighted by Crippen LogP contribution is 2.15. The van der Waals surface area contributed by atoms with Gasteiger partial charge in [0.1, 0.15) is 0 Å². The third kappa shape index (κ3) is 4.81. The Labute approximate surface area is 167 Å². The molecule has 0 spiro atoms. The molecule has 27 heavy (non-hydrogen) atoms. The van der Waals surface area contributed by atoms with Gasteiger partial charge in [-0.1, -0.05) is 30.3 Å². The molecule has 3 aromatic rings. The summed E-state index contributed by atoms with van der Waals surface area (Å²) in [7, 11) is 0. The third-order valence-electron chi connectivity index (χ3n) is 4.14. The molecule has 2 aromatic carbocycles. The van der Waals surface area contributed by atoms with Crippen molar-refractivity contribution in [2.75, 3.05) is 29.7 Å². The molecular formula is C20H20Cl2N4O. The number of para-hydroxylation sites is 1. The standard InChI is InChI=1S/C20H20Cl2N4O/c21-10-13-25(14-11-22)17-7-5-16(6-8-17)15-23-24-19-9-12-26(27)20-4-2-1-3-18(19)20/h1-9,12,15,27H,10-11,13-14H2/b23-15-,24-19?. The van der Waals surface area contributed by atoms with Crippen LogP contribution >= 0.6 is 23.2 Å². The van der Waals surface area contributed by atoms with Crippen molar-refractivity contribution in [3.63, 3.8) is 0 Å². The lowest BCUT2D eigenvalue weighted by molar-refractivity contribution is 0.198. The Morgan fingerprint density at radius 1 is 0.963 bits per heavy atom. The first-order valence-electron chi connectivity index (χ1n) is 8.56. The van der Waals surface area contributed by atoms with Crippen molar-refractivity contribution in [2.24, 2.45) is 10.2 Å². The zero-order valence-corrected chi connectivity index (χ0v) is 16.2. The first-order valence-corrected chi connectivity index (χ1v) is 9.63. The highest BCUT2D eigenvalue weighted by atomic mass is 35.5. The number of benzene rings is 2. The van der Waals surface area contributed by atoms with E-state index in [-0.39, 0.29) is 0 Å². The zero-order chi connectivity index (χ0) is 19.1. The Kier molecular flexibility index (Phi) is 6.74. The molecule has 0 fully saturated rings. The summed E-state index contributed by atoms with van der Waals surface area (Å²) >= 11 is 11.7. The predicted molar refractivity (Wildman–Crippen MR) is 112 cm³/mol. The lowest BCUT2D eigenvalue weighted by atomic mass is 10.2. The molecule has 1 N–H and O–H groups in total. The fraction of sp³-hybridized carbons (Fsp3) is 0.200. The van der Waals surface area contributed by atoms with E-state index in [0.717, 1.165) is 34.5 Å². The van der Waals surface area contributed by atoms with Crippen LogP contribution in [0.25, 0.3) is 10.9 Å². The predicted octanol–water partition coefficient (Wildman–Crippen LogP) is 4.10. The minimum atomic E-state index is 0.553. The number of halogens is 2. The lowest BCUT2D eigenvalue weighted by Gasteiger charge is -2.22. The van der Waals surface area contributed by atoms with Crippen LogP contribution in [-0.2, 0) is 0 Å². The average Bonchev–Trinajstić information content (AvgIpc) is 2.70. The number of pyridine rings is 1. The van der Waals surface area contributed by atoms with Gasteiger partial charge in [0.2, 0.25) is 0 Å². The number of anilines is 1. The van der Waals surface area contributed by atoms with E-state index in [2.05, 4.69) is 15.1 Å². The number of alkyl halides is 2. The summed E-state index contributed by atoms with van der Waals surface area (Å²) in [5, 5.41) is 19.9. The van der Waals surface area contributed by atoms with Gasteiger partial charge in [-0.2, -0.15) is 14.9 Å². The van der Waals surface area contributed by atoms with E-state index in [1.54, 1.807) is 18.5 Å². The van der Waals surface area contributed by atoms with Crippen LogP contribution in [-0.4, -0.2) is 41.0 Å². The summed E-state index contributed by atoms with van der Waals surface area (Å²) in [6.45, 7) is 1.51. The largest absolute Gasteiger partial charge is 0.428 e. The topological polar surface area (TPSA) is 53.1 Å². The molecule has 0 aliphatic heterocycles. The van der Waals surface area contributed by atoms with Crippen LogP contribution in [0.1, 0.15) is 5.56 Å². The maximum absolute atomic E-state index is 9.86. The summed E-state index contributed by atoms with van der Waals surface area (Å²) in [6, 6.07) is 17.2. The van der Waals surface area contributed by atoms with E-state index in [1.165, 1.54) is 0 Å². The van der Waals surface area contributed by atoms with Crippen molar-refractivity contribution in [1.82, 2.24) is 4.73 Å². The van der Waals surface area contributed by atoms with Gasteiger partial charge < -0.3 is 10.1 Å². The number of rotatable bonds is 7. The Hall–Kier alpha value is -2.50. The molecule has 0 bridgehead atoms. The average molecular weight is 403 g/mol.